The minimum atomic E-state index is -1.07. The van der Waals surface area contributed by atoms with Crippen LogP contribution in [0.3, 0.4) is 0 Å². The molecule has 3 atom stereocenters. The van der Waals surface area contributed by atoms with Crippen molar-refractivity contribution in [2.75, 3.05) is 5.06 Å². The van der Waals surface area contributed by atoms with Gasteiger partial charge in [0.25, 0.3) is 0 Å². The molecule has 4 rings (SSSR count). The monoisotopic (exact) mass is 422 g/mol. The summed E-state index contributed by atoms with van der Waals surface area (Å²) in [4.78, 5) is 31.7. The van der Waals surface area contributed by atoms with Crippen LogP contribution in [0.5, 0.6) is 0 Å². The van der Waals surface area contributed by atoms with Crippen molar-refractivity contribution >= 4 is 23.1 Å². The molecule has 1 unspecified atom stereocenters. The lowest BCUT2D eigenvalue weighted by atomic mass is 9.70. The van der Waals surface area contributed by atoms with Crippen molar-refractivity contribution in [3.63, 3.8) is 0 Å². The van der Waals surface area contributed by atoms with Gasteiger partial charge in [-0.15, -0.1) is 0 Å². The molecule has 2 N–H and O–H groups in total. The van der Waals surface area contributed by atoms with Gasteiger partial charge in [0.1, 0.15) is 0 Å². The van der Waals surface area contributed by atoms with Crippen LogP contribution in [0.15, 0.2) is 66.4 Å². The van der Waals surface area contributed by atoms with E-state index in [1.807, 2.05) is 25.1 Å². The second kappa shape index (κ2) is 7.60. The minimum absolute atomic E-state index is 0.0848. The number of carbonyl (C=O) groups is 2. The lowest BCUT2D eigenvalue weighted by Crippen LogP contribution is -2.99. The van der Waals surface area contributed by atoms with Crippen molar-refractivity contribution in [3.05, 3.63) is 77.1 Å². The molecule has 2 fully saturated rings. The molecule has 2 aliphatic rings. The predicted octanol–water partition coefficient (Wildman–Crippen LogP) is 3.58. The summed E-state index contributed by atoms with van der Waals surface area (Å²) in [5, 5.41) is 20.4. The molecule has 0 saturated heterocycles. The van der Waals surface area contributed by atoms with E-state index in [2.05, 4.69) is 13.8 Å². The van der Waals surface area contributed by atoms with Gasteiger partial charge in [0.2, 0.25) is 0 Å². The zero-order valence-corrected chi connectivity index (χ0v) is 17.8. The van der Waals surface area contributed by atoms with Gasteiger partial charge in [-0.25, -0.2) is 10.0 Å². The van der Waals surface area contributed by atoms with E-state index in [0.717, 1.165) is 12.8 Å². The highest BCUT2D eigenvalue weighted by atomic mass is 16.8. The summed E-state index contributed by atoms with van der Waals surface area (Å²) in [5.74, 6) is -0.431. The van der Waals surface area contributed by atoms with Crippen LogP contribution in [0.1, 0.15) is 44.0 Å². The molecule has 0 heterocycles. The lowest BCUT2D eigenvalue weighted by molar-refractivity contribution is -0.991. The summed E-state index contributed by atoms with van der Waals surface area (Å²) in [6.07, 6.45) is 3.44. The molecule has 0 aliphatic heterocycles. The van der Waals surface area contributed by atoms with Crippen molar-refractivity contribution < 1.29 is 24.9 Å². The number of benzene rings is 2. The van der Waals surface area contributed by atoms with Crippen LogP contribution < -0.4 is 10.3 Å². The number of para-hydroxylation sites is 1. The minimum Gasteiger partial charge on any atom is -0.595 e. The number of anilines is 1. The average molecular weight is 422 g/mol. The Hall–Kier alpha value is -3.00. The number of allylic oxidation sites excluding steroid dienone is 1. The third-order valence-electron chi connectivity index (χ3n) is 7.18. The normalized spacial score (nSPS) is 26.2. The number of rotatable bonds is 5. The molecule has 2 aromatic rings. The van der Waals surface area contributed by atoms with Crippen molar-refractivity contribution in [2.45, 2.75) is 33.6 Å². The number of ketones is 1. The molecule has 162 valence electrons. The summed E-state index contributed by atoms with van der Waals surface area (Å²) in [7, 11) is 0. The molecular formula is C24H26N2O5. The Labute approximate surface area is 181 Å². The highest BCUT2D eigenvalue weighted by Gasteiger charge is 2.64. The number of hydrogen-bond donors (Lipinski definition) is 2. The van der Waals surface area contributed by atoms with Gasteiger partial charge in [0, 0.05) is 23.1 Å². The van der Waals surface area contributed by atoms with E-state index in [1.54, 1.807) is 18.3 Å². The highest BCUT2D eigenvalue weighted by Crippen LogP contribution is 2.65. The Balaban J connectivity index is 1.66. The molecule has 2 bridgehead atoms. The third kappa shape index (κ3) is 3.44. The van der Waals surface area contributed by atoms with E-state index in [0.29, 0.717) is 11.3 Å². The SMILES string of the molecule is CC1(C)[C@H]2CC[C@]1(C)C(=O)C2=CN(OC(=O)c1ccc([NH+]([O-])O)cc1)c1ccccc1. The number of Topliss-reactive ketones (excluding diaryl/α,β-unsaturated/α-hetero) is 1. The maximum absolute atomic E-state index is 13.2. The molecule has 2 aliphatic carbocycles. The fraction of sp³-hybridized carbons (Fsp3) is 0.333. The Bertz CT molecular complexity index is 1030. The Morgan fingerprint density at radius 1 is 1.16 bits per heavy atom. The largest absolute Gasteiger partial charge is 0.595 e. The first kappa shape index (κ1) is 21.2. The van der Waals surface area contributed by atoms with Gasteiger partial charge in [0.15, 0.2) is 11.5 Å². The van der Waals surface area contributed by atoms with Crippen LogP contribution in [0, 0.1) is 22.0 Å². The zero-order chi connectivity index (χ0) is 22.4. The summed E-state index contributed by atoms with van der Waals surface area (Å²) in [6, 6.07) is 14.6. The van der Waals surface area contributed by atoms with Gasteiger partial charge >= 0.3 is 5.97 Å². The topological polar surface area (TPSA) is 94.3 Å². The zero-order valence-electron chi connectivity index (χ0n) is 17.8. The lowest BCUT2D eigenvalue weighted by Gasteiger charge is -2.31. The second-order valence-corrected chi connectivity index (χ2v) is 8.98. The van der Waals surface area contributed by atoms with E-state index >= 15 is 0 Å². The van der Waals surface area contributed by atoms with Crippen LogP contribution in [0.2, 0.25) is 0 Å². The van der Waals surface area contributed by atoms with Gasteiger partial charge in [-0.2, -0.15) is 10.3 Å². The average Bonchev–Trinajstić information content (AvgIpc) is 3.07. The number of carbonyl (C=O) groups excluding carboxylic acids is 2. The molecule has 0 spiro atoms. The molecule has 2 aromatic carbocycles. The van der Waals surface area contributed by atoms with Gasteiger partial charge < -0.3 is 10.0 Å². The molecule has 0 aromatic heterocycles. The fourth-order valence-electron chi connectivity index (χ4n) is 4.82. The smallest absolute Gasteiger partial charge is 0.363 e. The molecule has 7 nitrogen and oxygen atoms in total. The van der Waals surface area contributed by atoms with E-state index in [9.17, 15) is 14.8 Å². The van der Waals surface area contributed by atoms with Crippen LogP contribution >= 0.6 is 0 Å². The van der Waals surface area contributed by atoms with Gasteiger partial charge in [-0.05, 0) is 48.4 Å². The van der Waals surface area contributed by atoms with Crippen LogP contribution in [0.25, 0.3) is 0 Å². The Kier molecular flexibility index (Phi) is 5.21. The van der Waals surface area contributed by atoms with Crippen molar-refractivity contribution in [2.24, 2.45) is 16.7 Å². The molecule has 2 saturated carbocycles. The summed E-state index contributed by atoms with van der Waals surface area (Å²) >= 11 is 0. The first-order valence-corrected chi connectivity index (χ1v) is 10.3. The van der Waals surface area contributed by atoms with E-state index < -0.39 is 16.6 Å². The Morgan fingerprint density at radius 3 is 2.35 bits per heavy atom. The first-order valence-electron chi connectivity index (χ1n) is 10.3. The fourth-order valence-corrected chi connectivity index (χ4v) is 4.82. The van der Waals surface area contributed by atoms with E-state index in [4.69, 9.17) is 10.0 Å². The number of nitrogens with one attached hydrogen (secondary N) is 1. The number of fused-ring (bicyclic) bond motifs is 2. The first-order chi connectivity index (χ1) is 14.6. The van der Waals surface area contributed by atoms with Crippen LogP contribution in [0.4, 0.5) is 11.4 Å². The number of nitrogens with zero attached hydrogens (tertiary/aromatic N) is 1. The number of hydrogen-bond acceptors (Lipinski definition) is 6. The summed E-state index contributed by atoms with van der Waals surface area (Å²) < 4.78 is 0. The van der Waals surface area contributed by atoms with Crippen molar-refractivity contribution in [1.82, 2.24) is 0 Å². The van der Waals surface area contributed by atoms with Crippen molar-refractivity contribution in [1.29, 1.82) is 0 Å². The van der Waals surface area contributed by atoms with E-state index in [-0.39, 0.29) is 28.4 Å². The standard InChI is InChI=1S/C24H26N2O5/c1-23(2)20-13-14-24(23,3)21(27)19(20)15-25(17-7-5-4-6-8-17)31-22(28)16-9-11-18(12-10-16)26(29)30/h4-12,15,20,26,29H,13-14H2,1-3H3/t20-,24+/m0/s1. The maximum Gasteiger partial charge on any atom is 0.363 e. The molecule has 31 heavy (non-hydrogen) atoms. The quantitative estimate of drug-likeness (QED) is 0.565. The molecule has 7 heteroatoms. The van der Waals surface area contributed by atoms with Crippen molar-refractivity contribution in [3.8, 4) is 0 Å². The summed E-state index contributed by atoms with van der Waals surface area (Å²) in [5.41, 5.74) is 1.02. The second-order valence-electron chi connectivity index (χ2n) is 8.98. The molecule has 0 amide bonds. The van der Waals surface area contributed by atoms with E-state index in [1.165, 1.54) is 29.3 Å². The predicted molar refractivity (Wildman–Crippen MR) is 114 cm³/mol. The number of quaternary nitrogens is 1. The molecular weight excluding hydrogens is 396 g/mol. The third-order valence-corrected chi connectivity index (χ3v) is 7.18. The van der Waals surface area contributed by atoms with Gasteiger partial charge in [-0.3, -0.25) is 4.79 Å². The van der Waals surface area contributed by atoms with Crippen LogP contribution in [-0.2, 0) is 9.63 Å². The van der Waals surface area contributed by atoms with Gasteiger partial charge in [-0.1, -0.05) is 39.0 Å². The van der Waals surface area contributed by atoms with Gasteiger partial charge in [0.05, 0.1) is 17.5 Å². The maximum atomic E-state index is 13.2. The van der Waals surface area contributed by atoms with Crippen LogP contribution in [-0.4, -0.2) is 17.0 Å². The number of hydroxylamine groups is 1. The molecule has 0 radical (unpaired) electrons. The Morgan fingerprint density at radius 2 is 1.81 bits per heavy atom. The summed E-state index contributed by atoms with van der Waals surface area (Å²) in [6.45, 7) is 6.29. The highest BCUT2D eigenvalue weighted by molar-refractivity contribution is 6.05.